The maximum atomic E-state index is 6.00. The molecule has 0 unspecified atom stereocenters. The second-order valence-electron chi connectivity index (χ2n) is 8.15. The van der Waals surface area contributed by atoms with Gasteiger partial charge >= 0.3 is 0 Å². The lowest BCUT2D eigenvalue weighted by Crippen LogP contribution is -1.99. The molecule has 0 aliphatic heterocycles. The van der Waals surface area contributed by atoms with Crippen molar-refractivity contribution in [2.75, 3.05) is 11.1 Å². The van der Waals surface area contributed by atoms with Gasteiger partial charge in [0.15, 0.2) is 5.82 Å². The average molecular weight is 472 g/mol. The first kappa shape index (κ1) is 21.1. The summed E-state index contributed by atoms with van der Waals surface area (Å²) in [5.41, 5.74) is 10.6. The summed E-state index contributed by atoms with van der Waals surface area (Å²) in [5, 5.41) is 15.7. The van der Waals surface area contributed by atoms with Crippen LogP contribution < -0.4 is 11.1 Å². The second kappa shape index (κ2) is 9.08. The average Bonchev–Trinajstić information content (AvgIpc) is 2.91. The summed E-state index contributed by atoms with van der Waals surface area (Å²) >= 11 is 1.69. The third kappa shape index (κ3) is 4.27. The van der Waals surface area contributed by atoms with E-state index in [9.17, 15) is 0 Å². The van der Waals surface area contributed by atoms with Crippen LogP contribution in [0.5, 0.6) is 0 Å². The molecule has 6 heteroatoms. The molecule has 0 spiro atoms. The molecule has 4 aromatic carbocycles. The van der Waals surface area contributed by atoms with Crippen molar-refractivity contribution in [1.29, 1.82) is 0 Å². The van der Waals surface area contributed by atoms with Crippen LogP contribution in [0.1, 0.15) is 0 Å². The van der Waals surface area contributed by atoms with Crippen molar-refractivity contribution in [3.63, 3.8) is 0 Å². The van der Waals surface area contributed by atoms with Crippen LogP contribution >= 0.6 is 11.8 Å². The number of nitrogens with two attached hydrogens (primary N) is 1. The van der Waals surface area contributed by atoms with Crippen LogP contribution in [0.25, 0.3) is 32.9 Å². The highest BCUT2D eigenvalue weighted by atomic mass is 32.2. The van der Waals surface area contributed by atoms with Crippen molar-refractivity contribution in [2.24, 2.45) is 0 Å². The lowest BCUT2D eigenvalue weighted by atomic mass is 10.0. The molecule has 2 heterocycles. The number of nitrogens with one attached hydrogen (secondary N) is 1. The Balaban J connectivity index is 1.28. The fourth-order valence-corrected chi connectivity index (χ4v) is 5.03. The van der Waals surface area contributed by atoms with Crippen molar-refractivity contribution in [1.82, 2.24) is 15.2 Å². The number of hydrogen-bond acceptors (Lipinski definition) is 6. The molecule has 5 nitrogen and oxygen atoms in total. The molecular weight excluding hydrogens is 450 g/mol. The molecule has 168 valence electrons. The molecular formula is C29H21N5S. The summed E-state index contributed by atoms with van der Waals surface area (Å²) in [4.78, 5) is 6.69. The Hall–Kier alpha value is -4.42. The highest BCUT2D eigenvalue weighted by Crippen LogP contribution is 2.35. The molecule has 0 radical (unpaired) electrons. The summed E-state index contributed by atoms with van der Waals surface area (Å²) in [6, 6.07) is 34.5. The number of aromatic nitrogens is 3. The fourth-order valence-electron chi connectivity index (χ4n) is 4.10. The first-order chi connectivity index (χ1) is 17.2. The number of benzene rings is 4. The van der Waals surface area contributed by atoms with E-state index in [0.717, 1.165) is 59.9 Å². The Morgan fingerprint density at radius 3 is 2.29 bits per heavy atom. The molecule has 3 N–H and O–H groups in total. The SMILES string of the molecule is Nc1ccc2nccc(Sc3ccc(Nc4nnc(-c5ccccc5)c5ccccc45)cc3)c2c1. The van der Waals surface area contributed by atoms with Crippen LogP contribution in [0, 0.1) is 0 Å². The molecule has 0 saturated carbocycles. The molecule has 0 saturated heterocycles. The maximum Gasteiger partial charge on any atom is 0.161 e. The summed E-state index contributed by atoms with van der Waals surface area (Å²) in [6.07, 6.45) is 1.83. The molecule has 0 bridgehead atoms. The van der Waals surface area contributed by atoms with E-state index in [0.29, 0.717) is 0 Å². The predicted octanol–water partition coefficient (Wildman–Crippen LogP) is 7.32. The van der Waals surface area contributed by atoms with Gasteiger partial charge in [-0.3, -0.25) is 4.98 Å². The van der Waals surface area contributed by atoms with Crippen LogP contribution in [-0.2, 0) is 0 Å². The number of fused-ring (bicyclic) bond motifs is 2. The summed E-state index contributed by atoms with van der Waals surface area (Å²) < 4.78 is 0. The molecule has 0 aliphatic carbocycles. The van der Waals surface area contributed by atoms with Gasteiger partial charge in [0.2, 0.25) is 0 Å². The van der Waals surface area contributed by atoms with Gasteiger partial charge in [-0.25, -0.2) is 0 Å². The minimum atomic E-state index is 0.733. The number of anilines is 3. The zero-order chi connectivity index (χ0) is 23.6. The van der Waals surface area contributed by atoms with Crippen LogP contribution in [0.3, 0.4) is 0 Å². The van der Waals surface area contributed by atoms with Gasteiger partial charge in [-0.2, -0.15) is 0 Å². The Morgan fingerprint density at radius 1 is 0.686 bits per heavy atom. The molecule has 0 amide bonds. The van der Waals surface area contributed by atoms with E-state index in [1.807, 2.05) is 60.8 Å². The predicted molar refractivity (Wildman–Crippen MR) is 145 cm³/mol. The third-order valence-corrected chi connectivity index (χ3v) is 6.89. The molecule has 6 rings (SSSR count). The number of rotatable bonds is 5. The number of nitrogen functional groups attached to an aromatic ring is 1. The summed E-state index contributed by atoms with van der Waals surface area (Å²) in [5.74, 6) is 0.733. The Bertz CT molecular complexity index is 1650. The van der Waals surface area contributed by atoms with Crippen LogP contribution in [-0.4, -0.2) is 15.2 Å². The van der Waals surface area contributed by atoms with Crippen molar-refractivity contribution in [3.8, 4) is 11.3 Å². The van der Waals surface area contributed by atoms with E-state index < -0.39 is 0 Å². The molecule has 0 fully saturated rings. The van der Waals surface area contributed by atoms with Gasteiger partial charge in [-0.05, 0) is 48.5 Å². The fraction of sp³-hybridized carbons (Fsp3) is 0. The number of nitrogens with zero attached hydrogens (tertiary/aromatic N) is 3. The molecule has 6 aromatic rings. The monoisotopic (exact) mass is 471 g/mol. The van der Waals surface area contributed by atoms with Crippen LogP contribution in [0.15, 0.2) is 119 Å². The van der Waals surface area contributed by atoms with Gasteiger partial charge in [0.05, 0.1) is 5.52 Å². The highest BCUT2D eigenvalue weighted by molar-refractivity contribution is 7.99. The number of hydrogen-bond donors (Lipinski definition) is 2. The Morgan fingerprint density at radius 2 is 1.46 bits per heavy atom. The molecule has 0 atom stereocenters. The topological polar surface area (TPSA) is 76.7 Å². The first-order valence-corrected chi connectivity index (χ1v) is 12.1. The maximum absolute atomic E-state index is 6.00. The van der Waals surface area contributed by atoms with Gasteiger partial charge in [0.1, 0.15) is 5.69 Å². The van der Waals surface area contributed by atoms with Crippen molar-refractivity contribution in [3.05, 3.63) is 109 Å². The molecule has 0 aliphatic rings. The zero-order valence-electron chi connectivity index (χ0n) is 18.7. The van der Waals surface area contributed by atoms with Gasteiger partial charge in [0.25, 0.3) is 0 Å². The summed E-state index contributed by atoms with van der Waals surface area (Å²) in [7, 11) is 0. The lowest BCUT2D eigenvalue weighted by molar-refractivity contribution is 1.06. The lowest BCUT2D eigenvalue weighted by Gasteiger charge is -2.12. The highest BCUT2D eigenvalue weighted by Gasteiger charge is 2.11. The quantitative estimate of drug-likeness (QED) is 0.257. The second-order valence-corrected chi connectivity index (χ2v) is 9.26. The van der Waals surface area contributed by atoms with E-state index in [-0.39, 0.29) is 0 Å². The van der Waals surface area contributed by atoms with Crippen LogP contribution in [0.2, 0.25) is 0 Å². The number of pyridine rings is 1. The standard InChI is InChI=1S/C29H21N5S/c30-20-10-15-26-25(18-20)27(16-17-31-26)35-22-13-11-21(12-14-22)32-29-24-9-5-4-8-23(24)28(33-34-29)19-6-2-1-3-7-19/h1-18H,30H2,(H,32,34). The van der Waals surface area contributed by atoms with Gasteiger partial charge in [-0.1, -0.05) is 66.4 Å². The minimum Gasteiger partial charge on any atom is -0.399 e. The minimum absolute atomic E-state index is 0.733. The normalized spacial score (nSPS) is 11.1. The van der Waals surface area contributed by atoms with E-state index in [1.165, 1.54) is 0 Å². The molecule has 35 heavy (non-hydrogen) atoms. The van der Waals surface area contributed by atoms with Gasteiger partial charge in [-0.15, -0.1) is 10.2 Å². The van der Waals surface area contributed by atoms with E-state index in [4.69, 9.17) is 5.73 Å². The molecule has 2 aromatic heterocycles. The largest absolute Gasteiger partial charge is 0.399 e. The van der Waals surface area contributed by atoms with Crippen LogP contribution in [0.4, 0.5) is 17.2 Å². The Labute approximate surface area is 207 Å². The van der Waals surface area contributed by atoms with Crippen molar-refractivity contribution < 1.29 is 0 Å². The Kier molecular flexibility index (Phi) is 5.48. The smallest absolute Gasteiger partial charge is 0.161 e. The van der Waals surface area contributed by atoms with Gasteiger partial charge in [0, 0.05) is 49.1 Å². The zero-order valence-corrected chi connectivity index (χ0v) is 19.5. The van der Waals surface area contributed by atoms with E-state index >= 15 is 0 Å². The van der Waals surface area contributed by atoms with Crippen molar-refractivity contribution >= 4 is 50.6 Å². The summed E-state index contributed by atoms with van der Waals surface area (Å²) in [6.45, 7) is 0. The van der Waals surface area contributed by atoms with Crippen molar-refractivity contribution in [2.45, 2.75) is 9.79 Å². The van der Waals surface area contributed by atoms with Gasteiger partial charge < -0.3 is 11.1 Å². The first-order valence-electron chi connectivity index (χ1n) is 11.2. The van der Waals surface area contributed by atoms with E-state index in [1.54, 1.807) is 11.8 Å². The van der Waals surface area contributed by atoms with E-state index in [2.05, 4.69) is 69.0 Å². The third-order valence-electron chi connectivity index (χ3n) is 5.80.